The highest BCUT2D eigenvalue weighted by molar-refractivity contribution is 5.40. The van der Waals surface area contributed by atoms with Gasteiger partial charge in [0.15, 0.2) is 0 Å². The molecule has 0 atom stereocenters. The Labute approximate surface area is 182 Å². The Hall–Kier alpha value is -2.22. The van der Waals surface area contributed by atoms with E-state index in [0.717, 1.165) is 55.5 Å². The van der Waals surface area contributed by atoms with E-state index in [1.807, 2.05) is 38.4 Å². The molecule has 0 unspecified atom stereocenters. The van der Waals surface area contributed by atoms with E-state index in [0.29, 0.717) is 13.1 Å². The molecule has 7 heteroatoms. The molecule has 0 amide bonds. The Kier molecular flexibility index (Phi) is 13.4. The van der Waals surface area contributed by atoms with E-state index in [1.54, 1.807) is 0 Å². The fraction of sp³-hybridized carbons (Fsp3) is 0.565. The highest BCUT2D eigenvalue weighted by Crippen LogP contribution is 2.17. The van der Waals surface area contributed by atoms with Crippen molar-refractivity contribution < 1.29 is 0 Å². The summed E-state index contributed by atoms with van der Waals surface area (Å²) in [4.78, 5) is 13.2. The summed E-state index contributed by atoms with van der Waals surface area (Å²) in [5.74, 6) is 2.01. The fourth-order valence-corrected chi connectivity index (χ4v) is 2.85. The van der Waals surface area contributed by atoms with Gasteiger partial charge in [0.2, 0.25) is 0 Å². The molecule has 1 aliphatic rings. The van der Waals surface area contributed by atoms with Crippen LogP contribution in [0.25, 0.3) is 0 Å². The number of aromatic nitrogens is 2. The predicted octanol–water partition coefficient (Wildman–Crippen LogP) is 3.07. The fourth-order valence-electron chi connectivity index (χ4n) is 2.85. The zero-order valence-electron chi connectivity index (χ0n) is 19.3. The van der Waals surface area contributed by atoms with Crippen LogP contribution in [0.4, 0.5) is 11.6 Å². The minimum Gasteiger partial charge on any atom is -0.369 e. The van der Waals surface area contributed by atoms with Crippen LogP contribution in [0.1, 0.15) is 44.7 Å². The first-order valence-corrected chi connectivity index (χ1v) is 11.1. The summed E-state index contributed by atoms with van der Waals surface area (Å²) in [5, 5.41) is 3.27. The monoisotopic (exact) mass is 415 g/mol. The Morgan fingerprint density at radius 2 is 1.57 bits per heavy atom. The molecule has 2 aromatic heterocycles. The molecule has 1 fully saturated rings. The molecule has 3 rings (SSSR count). The summed E-state index contributed by atoms with van der Waals surface area (Å²) >= 11 is 0. The quantitative estimate of drug-likeness (QED) is 0.610. The van der Waals surface area contributed by atoms with E-state index in [1.165, 1.54) is 12.8 Å². The molecule has 3 heterocycles. The van der Waals surface area contributed by atoms with Crippen molar-refractivity contribution >= 4 is 11.6 Å². The SMILES string of the molecule is CC.CCN(C)CCNc1ccc(CN)cn1.NCc1ccc(N2CCCC2)nc1. The van der Waals surface area contributed by atoms with Crippen LogP contribution in [-0.4, -0.2) is 54.6 Å². The lowest BCUT2D eigenvalue weighted by molar-refractivity contribution is 0.367. The Morgan fingerprint density at radius 3 is 2.03 bits per heavy atom. The predicted molar refractivity (Wildman–Crippen MR) is 129 cm³/mol. The molecule has 168 valence electrons. The molecular weight excluding hydrogens is 374 g/mol. The van der Waals surface area contributed by atoms with Gasteiger partial charge >= 0.3 is 0 Å². The molecule has 1 aliphatic heterocycles. The van der Waals surface area contributed by atoms with Gasteiger partial charge in [-0.1, -0.05) is 32.9 Å². The van der Waals surface area contributed by atoms with E-state index in [2.05, 4.69) is 51.2 Å². The van der Waals surface area contributed by atoms with Crippen LogP contribution in [0, 0.1) is 0 Å². The second-order valence-electron chi connectivity index (χ2n) is 7.00. The number of nitrogens with one attached hydrogen (secondary N) is 1. The number of hydrogen-bond acceptors (Lipinski definition) is 7. The van der Waals surface area contributed by atoms with Crippen molar-refractivity contribution in [3.63, 3.8) is 0 Å². The summed E-state index contributed by atoms with van der Waals surface area (Å²) in [5.41, 5.74) is 13.2. The molecule has 1 saturated heterocycles. The van der Waals surface area contributed by atoms with Crippen molar-refractivity contribution in [1.29, 1.82) is 0 Å². The third-order valence-electron chi connectivity index (χ3n) is 4.87. The van der Waals surface area contributed by atoms with E-state index >= 15 is 0 Å². The Morgan fingerprint density at radius 1 is 0.967 bits per heavy atom. The topological polar surface area (TPSA) is 96.3 Å². The number of likely N-dealkylation sites (N-methyl/N-ethyl adjacent to an activating group) is 1. The van der Waals surface area contributed by atoms with Crippen molar-refractivity contribution in [2.45, 2.75) is 46.7 Å². The van der Waals surface area contributed by atoms with Crippen molar-refractivity contribution in [3.05, 3.63) is 47.8 Å². The van der Waals surface area contributed by atoms with Crippen LogP contribution in [0.3, 0.4) is 0 Å². The number of nitrogens with zero attached hydrogens (tertiary/aromatic N) is 4. The number of hydrogen-bond donors (Lipinski definition) is 3. The van der Waals surface area contributed by atoms with Gasteiger partial charge in [0.25, 0.3) is 0 Å². The van der Waals surface area contributed by atoms with Gasteiger partial charge in [-0.3, -0.25) is 0 Å². The van der Waals surface area contributed by atoms with Crippen LogP contribution in [0.5, 0.6) is 0 Å². The lowest BCUT2D eigenvalue weighted by atomic mass is 10.3. The van der Waals surface area contributed by atoms with Gasteiger partial charge in [-0.25, -0.2) is 9.97 Å². The molecule has 7 nitrogen and oxygen atoms in total. The maximum atomic E-state index is 5.50. The normalized spacial score (nSPS) is 12.7. The van der Waals surface area contributed by atoms with Crippen molar-refractivity contribution in [2.75, 3.05) is 50.0 Å². The van der Waals surface area contributed by atoms with Crippen LogP contribution in [0.15, 0.2) is 36.7 Å². The summed E-state index contributed by atoms with van der Waals surface area (Å²) < 4.78 is 0. The largest absolute Gasteiger partial charge is 0.369 e. The van der Waals surface area contributed by atoms with Gasteiger partial charge in [-0.05, 0) is 49.7 Å². The molecule has 0 spiro atoms. The Bertz CT molecular complexity index is 652. The first-order chi connectivity index (χ1) is 14.7. The molecule has 5 N–H and O–H groups in total. The molecule has 30 heavy (non-hydrogen) atoms. The number of nitrogens with two attached hydrogens (primary N) is 2. The van der Waals surface area contributed by atoms with Crippen LogP contribution in [0.2, 0.25) is 0 Å². The zero-order chi connectivity index (χ0) is 22.2. The molecule has 0 radical (unpaired) electrons. The number of anilines is 2. The van der Waals surface area contributed by atoms with Crippen molar-refractivity contribution in [2.24, 2.45) is 11.5 Å². The van der Waals surface area contributed by atoms with Crippen LogP contribution >= 0.6 is 0 Å². The summed E-state index contributed by atoms with van der Waals surface area (Å²) in [6.45, 7) is 12.6. The van der Waals surface area contributed by atoms with Gasteiger partial charge in [0.1, 0.15) is 11.6 Å². The standard InChI is InChI=1S/C11H20N4.C10H15N3.C2H6/c1-3-15(2)7-6-13-11-5-4-10(8-12)9-14-11;11-7-9-3-4-10(12-8-9)13-5-1-2-6-13;1-2/h4-5,9H,3,6-8,12H2,1-2H3,(H,13,14);3-4,8H,1-2,5-7,11H2;1-2H3. The third-order valence-corrected chi connectivity index (χ3v) is 4.87. The van der Waals surface area contributed by atoms with Crippen molar-refractivity contribution in [1.82, 2.24) is 14.9 Å². The van der Waals surface area contributed by atoms with Gasteiger partial charge in [-0.2, -0.15) is 0 Å². The number of pyridine rings is 2. The van der Waals surface area contributed by atoms with Crippen molar-refractivity contribution in [3.8, 4) is 0 Å². The average Bonchev–Trinajstić information content (AvgIpc) is 3.36. The van der Waals surface area contributed by atoms with E-state index in [9.17, 15) is 0 Å². The molecule has 0 saturated carbocycles. The number of rotatable bonds is 8. The van der Waals surface area contributed by atoms with Gasteiger partial charge in [-0.15, -0.1) is 0 Å². The smallest absolute Gasteiger partial charge is 0.128 e. The molecule has 0 aromatic carbocycles. The van der Waals surface area contributed by atoms with E-state index in [-0.39, 0.29) is 0 Å². The van der Waals surface area contributed by atoms with E-state index in [4.69, 9.17) is 11.5 Å². The highest BCUT2D eigenvalue weighted by Gasteiger charge is 2.12. The second-order valence-corrected chi connectivity index (χ2v) is 7.00. The lowest BCUT2D eigenvalue weighted by Gasteiger charge is -2.15. The lowest BCUT2D eigenvalue weighted by Crippen LogP contribution is -2.24. The maximum absolute atomic E-state index is 5.50. The first-order valence-electron chi connectivity index (χ1n) is 11.1. The molecule has 2 aromatic rings. The average molecular weight is 416 g/mol. The Balaban J connectivity index is 0.000000279. The first kappa shape index (κ1) is 25.8. The maximum Gasteiger partial charge on any atom is 0.128 e. The highest BCUT2D eigenvalue weighted by atomic mass is 15.2. The van der Waals surface area contributed by atoms with E-state index < -0.39 is 0 Å². The summed E-state index contributed by atoms with van der Waals surface area (Å²) in [7, 11) is 2.10. The minimum atomic E-state index is 0.547. The van der Waals surface area contributed by atoms with Gasteiger partial charge in [0, 0.05) is 51.7 Å². The third kappa shape index (κ3) is 9.52. The minimum absolute atomic E-state index is 0.547. The summed E-state index contributed by atoms with van der Waals surface area (Å²) in [6.07, 6.45) is 6.26. The molecular formula is C23H41N7. The molecule has 0 aliphatic carbocycles. The van der Waals surface area contributed by atoms with Crippen LogP contribution in [-0.2, 0) is 13.1 Å². The van der Waals surface area contributed by atoms with Gasteiger partial charge < -0.3 is 26.6 Å². The van der Waals surface area contributed by atoms with Gasteiger partial charge in [0.05, 0.1) is 0 Å². The van der Waals surface area contributed by atoms with Crippen LogP contribution < -0.4 is 21.7 Å². The zero-order valence-corrected chi connectivity index (χ0v) is 19.3. The molecule has 0 bridgehead atoms. The second kappa shape index (κ2) is 15.6. The summed E-state index contributed by atoms with van der Waals surface area (Å²) in [6, 6.07) is 8.08.